The summed E-state index contributed by atoms with van der Waals surface area (Å²) in [6, 6.07) is -1.42. The lowest BCUT2D eigenvalue weighted by molar-refractivity contribution is -0.151. The van der Waals surface area contributed by atoms with Crippen LogP contribution in [0.1, 0.15) is 0 Å². The number of carbonyl (C=O) groups is 4. The van der Waals surface area contributed by atoms with E-state index < -0.39 is 29.9 Å². The van der Waals surface area contributed by atoms with Crippen molar-refractivity contribution in [2.24, 2.45) is 0 Å². The maximum absolute atomic E-state index is 10.7. The minimum atomic E-state index is -1.80. The monoisotopic (exact) mass is 251 g/mol. The molecule has 0 saturated heterocycles. The summed E-state index contributed by atoms with van der Waals surface area (Å²) in [5, 5.41) is 26.8. The molecule has 1 amide bonds. The molecule has 9 heteroatoms. The Kier molecular flexibility index (Phi) is 5.93. The zero-order valence-electron chi connectivity index (χ0n) is 7.87. The topological polar surface area (TPSA) is 141 Å². The highest BCUT2D eigenvalue weighted by molar-refractivity contribution is 8.00. The Hall–Kier alpha value is -1.77. The van der Waals surface area contributed by atoms with Crippen molar-refractivity contribution in [2.45, 2.75) is 6.04 Å². The Morgan fingerprint density at radius 3 is 2.06 bits per heavy atom. The minimum Gasteiger partial charge on any atom is -0.481 e. The largest absolute Gasteiger partial charge is 0.481 e. The van der Waals surface area contributed by atoms with Crippen molar-refractivity contribution in [2.75, 3.05) is 11.5 Å². The number of carboxylic acids is 3. The summed E-state index contributed by atoms with van der Waals surface area (Å²) in [6.45, 7) is 0. The summed E-state index contributed by atoms with van der Waals surface area (Å²) in [5.74, 6) is -6.34. The van der Waals surface area contributed by atoms with E-state index >= 15 is 0 Å². The van der Waals surface area contributed by atoms with Gasteiger partial charge in [0.05, 0.1) is 5.75 Å². The molecule has 8 nitrogen and oxygen atoms in total. The second-order valence-corrected chi connectivity index (χ2v) is 3.61. The highest BCUT2D eigenvalue weighted by atomic mass is 32.2. The van der Waals surface area contributed by atoms with Gasteiger partial charge in [0.15, 0.2) is 0 Å². The third kappa shape index (κ3) is 5.86. The van der Waals surface area contributed by atoms with Gasteiger partial charge in [0, 0.05) is 5.75 Å². The predicted molar refractivity (Wildman–Crippen MR) is 52.2 cm³/mol. The molecule has 0 bridgehead atoms. The molecule has 0 aromatic heterocycles. The number of hydrogen-bond donors (Lipinski definition) is 4. The molecule has 0 aliphatic heterocycles. The lowest BCUT2D eigenvalue weighted by atomic mass is 10.3. The molecule has 0 spiro atoms. The van der Waals surface area contributed by atoms with Gasteiger partial charge in [-0.3, -0.25) is 9.59 Å². The van der Waals surface area contributed by atoms with E-state index in [1.807, 2.05) is 0 Å². The Morgan fingerprint density at radius 1 is 1.12 bits per heavy atom. The first-order valence-electron chi connectivity index (χ1n) is 3.90. The SMILES string of the molecule is O=C(O)CSC[C@H](NC(=O)C(=O)O)C(=O)O. The lowest BCUT2D eigenvalue weighted by Crippen LogP contribution is -2.45. The van der Waals surface area contributed by atoms with Crippen molar-refractivity contribution in [3.05, 3.63) is 0 Å². The van der Waals surface area contributed by atoms with Crippen LogP contribution in [-0.4, -0.2) is 56.7 Å². The average Bonchev–Trinajstić information content (AvgIpc) is 2.14. The first-order chi connectivity index (χ1) is 7.34. The molecule has 0 saturated carbocycles. The highest BCUT2D eigenvalue weighted by Gasteiger charge is 2.23. The summed E-state index contributed by atoms with van der Waals surface area (Å²) < 4.78 is 0. The van der Waals surface area contributed by atoms with E-state index in [2.05, 4.69) is 0 Å². The molecule has 0 fully saturated rings. The van der Waals surface area contributed by atoms with Crippen LogP contribution in [0.25, 0.3) is 0 Å². The summed E-state index contributed by atoms with van der Waals surface area (Å²) >= 11 is 0.763. The van der Waals surface area contributed by atoms with Crippen molar-refractivity contribution in [1.82, 2.24) is 5.32 Å². The van der Waals surface area contributed by atoms with Gasteiger partial charge in [0.1, 0.15) is 6.04 Å². The summed E-state index contributed by atoms with van der Waals surface area (Å²) in [5.41, 5.74) is 0. The molecule has 0 aromatic carbocycles. The van der Waals surface area contributed by atoms with E-state index in [-0.39, 0.29) is 11.5 Å². The minimum absolute atomic E-state index is 0.222. The molecule has 0 radical (unpaired) electrons. The van der Waals surface area contributed by atoms with Crippen LogP contribution in [0.4, 0.5) is 0 Å². The van der Waals surface area contributed by atoms with Crippen LogP contribution in [0.2, 0.25) is 0 Å². The van der Waals surface area contributed by atoms with Gasteiger partial charge < -0.3 is 20.6 Å². The zero-order chi connectivity index (χ0) is 12.7. The fourth-order valence-electron chi connectivity index (χ4n) is 0.659. The maximum Gasteiger partial charge on any atom is 0.394 e. The molecule has 4 N–H and O–H groups in total. The number of amides is 1. The van der Waals surface area contributed by atoms with Crippen LogP contribution in [0.15, 0.2) is 0 Å². The van der Waals surface area contributed by atoms with Gasteiger partial charge in [-0.1, -0.05) is 0 Å². The number of nitrogens with one attached hydrogen (secondary N) is 1. The van der Waals surface area contributed by atoms with Crippen LogP contribution >= 0.6 is 11.8 Å². The maximum atomic E-state index is 10.7. The van der Waals surface area contributed by atoms with Crippen LogP contribution in [0.5, 0.6) is 0 Å². The molecule has 0 rings (SSSR count). The van der Waals surface area contributed by atoms with Crippen LogP contribution in [-0.2, 0) is 19.2 Å². The number of rotatable bonds is 6. The molecule has 0 aromatic rings. The van der Waals surface area contributed by atoms with Crippen molar-refractivity contribution in [1.29, 1.82) is 0 Å². The third-order valence-corrected chi connectivity index (χ3v) is 2.33. The van der Waals surface area contributed by atoms with Crippen LogP contribution < -0.4 is 5.32 Å². The zero-order valence-corrected chi connectivity index (χ0v) is 8.69. The standard InChI is InChI=1S/C7H9NO7S/c9-4(10)2-16-1-3(6(12)13)8-5(11)7(14)15/h3H,1-2H2,(H,8,11)(H,9,10)(H,12,13)(H,14,15)/t3-/m0/s1. The number of carbonyl (C=O) groups excluding carboxylic acids is 1. The third-order valence-electron chi connectivity index (χ3n) is 1.31. The van der Waals surface area contributed by atoms with E-state index in [0.29, 0.717) is 0 Å². The second kappa shape index (κ2) is 6.67. The van der Waals surface area contributed by atoms with Gasteiger partial charge in [-0.2, -0.15) is 0 Å². The number of thioether (sulfide) groups is 1. The highest BCUT2D eigenvalue weighted by Crippen LogP contribution is 2.03. The van der Waals surface area contributed by atoms with Gasteiger partial charge >= 0.3 is 23.8 Å². The Balaban J connectivity index is 4.18. The number of aliphatic carboxylic acids is 3. The van der Waals surface area contributed by atoms with E-state index in [9.17, 15) is 19.2 Å². The Labute approximate surface area is 93.6 Å². The fraction of sp³-hybridized carbons (Fsp3) is 0.429. The van der Waals surface area contributed by atoms with Gasteiger partial charge in [0.2, 0.25) is 0 Å². The molecular weight excluding hydrogens is 242 g/mol. The lowest BCUT2D eigenvalue weighted by Gasteiger charge is -2.11. The normalized spacial score (nSPS) is 11.5. The molecule has 90 valence electrons. The molecule has 1 atom stereocenters. The van der Waals surface area contributed by atoms with E-state index in [0.717, 1.165) is 11.8 Å². The Morgan fingerprint density at radius 2 is 1.69 bits per heavy atom. The number of carboxylic acid groups (broad SMARTS) is 3. The van der Waals surface area contributed by atoms with Gasteiger partial charge in [-0.25, -0.2) is 9.59 Å². The van der Waals surface area contributed by atoms with Crippen molar-refractivity contribution < 1.29 is 34.5 Å². The first-order valence-corrected chi connectivity index (χ1v) is 5.06. The molecule has 0 heterocycles. The van der Waals surface area contributed by atoms with E-state index in [1.165, 1.54) is 0 Å². The molecule has 16 heavy (non-hydrogen) atoms. The van der Waals surface area contributed by atoms with Crippen molar-refractivity contribution in [3.63, 3.8) is 0 Å². The van der Waals surface area contributed by atoms with E-state index in [4.69, 9.17) is 15.3 Å². The van der Waals surface area contributed by atoms with E-state index in [1.54, 1.807) is 5.32 Å². The molecular formula is C7H9NO7S. The smallest absolute Gasteiger partial charge is 0.394 e. The number of hydrogen-bond acceptors (Lipinski definition) is 5. The van der Waals surface area contributed by atoms with Gasteiger partial charge in [0.25, 0.3) is 0 Å². The molecule has 0 aliphatic carbocycles. The fourth-order valence-corrected chi connectivity index (χ4v) is 1.41. The van der Waals surface area contributed by atoms with Gasteiger partial charge in [-0.05, 0) is 0 Å². The summed E-state index contributed by atoms with van der Waals surface area (Å²) in [7, 11) is 0. The van der Waals surface area contributed by atoms with Crippen LogP contribution in [0, 0.1) is 0 Å². The molecule has 0 aliphatic rings. The Bertz CT molecular complexity index is 316. The van der Waals surface area contributed by atoms with Crippen molar-refractivity contribution >= 4 is 35.6 Å². The predicted octanol–water partition coefficient (Wildman–Crippen LogP) is -1.54. The quantitative estimate of drug-likeness (QED) is 0.416. The average molecular weight is 251 g/mol. The first kappa shape index (κ1) is 14.2. The summed E-state index contributed by atoms with van der Waals surface area (Å²) in [4.78, 5) is 41.5. The van der Waals surface area contributed by atoms with Crippen LogP contribution in [0.3, 0.4) is 0 Å². The van der Waals surface area contributed by atoms with Crippen molar-refractivity contribution in [3.8, 4) is 0 Å². The second-order valence-electron chi connectivity index (χ2n) is 2.58. The van der Waals surface area contributed by atoms with Gasteiger partial charge in [-0.15, -0.1) is 11.8 Å². The summed E-state index contributed by atoms with van der Waals surface area (Å²) in [6.07, 6.45) is 0. The molecule has 0 unspecified atom stereocenters.